The number of imidazole rings is 1. The molecule has 2 aromatic carbocycles. The summed E-state index contributed by atoms with van der Waals surface area (Å²) in [7, 11) is 0. The molecule has 0 radical (unpaired) electrons. The third-order valence-corrected chi connectivity index (χ3v) is 5.42. The van der Waals surface area contributed by atoms with Crippen molar-refractivity contribution in [3.8, 4) is 11.5 Å². The number of hydrogen-bond donors (Lipinski definition) is 0. The highest BCUT2D eigenvalue weighted by Crippen LogP contribution is 2.23. The molecule has 0 bridgehead atoms. The van der Waals surface area contributed by atoms with Crippen molar-refractivity contribution >= 4 is 22.0 Å². The fourth-order valence-electron chi connectivity index (χ4n) is 3.60. The third-order valence-electron chi connectivity index (χ3n) is 5.01. The number of carbonyl (C=O) groups is 1. The Hall–Kier alpha value is -2.64. The molecular formula is C22H23BrN4O2. The average molecular weight is 455 g/mol. The van der Waals surface area contributed by atoms with Gasteiger partial charge in [0.05, 0.1) is 0 Å². The Kier molecular flexibility index (Phi) is 5.97. The van der Waals surface area contributed by atoms with Crippen molar-refractivity contribution in [3.05, 3.63) is 77.3 Å². The summed E-state index contributed by atoms with van der Waals surface area (Å²) in [5, 5.41) is 0. The lowest BCUT2D eigenvalue weighted by Crippen LogP contribution is -2.54. The second-order valence-corrected chi connectivity index (χ2v) is 8.04. The number of piperazine rings is 1. The zero-order chi connectivity index (χ0) is 20.2. The third kappa shape index (κ3) is 4.86. The van der Waals surface area contributed by atoms with Gasteiger partial charge in [-0.1, -0.05) is 30.3 Å². The minimum atomic E-state index is -0.0337. The Morgan fingerprint density at radius 2 is 1.93 bits per heavy atom. The SMILES string of the molecule is CC1CN(Cc2cccc(Oc3ccccc3)c2)CCN1C(=O)n1cnc(Br)c1. The molecule has 7 heteroatoms. The van der Waals surface area contributed by atoms with Crippen LogP contribution in [-0.2, 0) is 6.54 Å². The first kappa shape index (κ1) is 19.7. The molecule has 4 rings (SSSR count). The van der Waals surface area contributed by atoms with Crippen molar-refractivity contribution < 1.29 is 9.53 Å². The molecule has 1 unspecified atom stereocenters. The molecule has 1 aromatic heterocycles. The van der Waals surface area contributed by atoms with Gasteiger partial charge in [-0.05, 0) is 52.7 Å². The number of halogens is 1. The van der Waals surface area contributed by atoms with Crippen molar-refractivity contribution in [2.45, 2.75) is 19.5 Å². The number of amides is 1. The van der Waals surface area contributed by atoms with E-state index in [0.29, 0.717) is 11.1 Å². The van der Waals surface area contributed by atoms with Crippen LogP contribution in [-0.4, -0.2) is 51.1 Å². The highest BCUT2D eigenvalue weighted by Gasteiger charge is 2.28. The summed E-state index contributed by atoms with van der Waals surface area (Å²) in [6.07, 6.45) is 3.24. The zero-order valence-electron chi connectivity index (χ0n) is 16.2. The molecule has 0 saturated carbocycles. The molecule has 1 amide bonds. The van der Waals surface area contributed by atoms with Gasteiger partial charge in [-0.3, -0.25) is 9.47 Å². The molecule has 1 aliphatic rings. The molecule has 0 spiro atoms. The average Bonchev–Trinajstić information content (AvgIpc) is 3.15. The van der Waals surface area contributed by atoms with E-state index in [1.807, 2.05) is 47.4 Å². The van der Waals surface area contributed by atoms with Gasteiger partial charge in [0.25, 0.3) is 0 Å². The van der Waals surface area contributed by atoms with Gasteiger partial charge in [-0.2, -0.15) is 0 Å². The molecular weight excluding hydrogens is 432 g/mol. The Balaban J connectivity index is 1.36. The van der Waals surface area contributed by atoms with Crippen LogP contribution >= 0.6 is 15.9 Å². The summed E-state index contributed by atoms with van der Waals surface area (Å²) in [4.78, 5) is 21.1. The number of ether oxygens (including phenoxy) is 1. The number of hydrogen-bond acceptors (Lipinski definition) is 4. The van der Waals surface area contributed by atoms with Crippen LogP contribution in [0, 0.1) is 0 Å². The van der Waals surface area contributed by atoms with Crippen LogP contribution in [0.2, 0.25) is 0 Å². The summed E-state index contributed by atoms with van der Waals surface area (Å²) in [6, 6.07) is 18.1. The largest absolute Gasteiger partial charge is 0.457 e. The number of nitrogens with zero attached hydrogens (tertiary/aromatic N) is 4. The van der Waals surface area contributed by atoms with Crippen molar-refractivity contribution in [3.63, 3.8) is 0 Å². The minimum absolute atomic E-state index is 0.0337. The van der Waals surface area contributed by atoms with Gasteiger partial charge in [0, 0.05) is 38.4 Å². The van der Waals surface area contributed by atoms with Gasteiger partial charge < -0.3 is 9.64 Å². The highest BCUT2D eigenvalue weighted by atomic mass is 79.9. The molecule has 1 aliphatic heterocycles. The molecule has 1 fully saturated rings. The van der Waals surface area contributed by atoms with E-state index in [4.69, 9.17) is 4.74 Å². The van der Waals surface area contributed by atoms with Gasteiger partial charge in [-0.15, -0.1) is 0 Å². The van der Waals surface area contributed by atoms with Crippen molar-refractivity contribution in [2.75, 3.05) is 19.6 Å². The number of aromatic nitrogens is 2. The molecule has 0 N–H and O–H groups in total. The second-order valence-electron chi connectivity index (χ2n) is 7.23. The predicted molar refractivity (Wildman–Crippen MR) is 115 cm³/mol. The topological polar surface area (TPSA) is 50.6 Å². The molecule has 29 heavy (non-hydrogen) atoms. The number of para-hydroxylation sites is 1. The van der Waals surface area contributed by atoms with E-state index in [0.717, 1.165) is 31.1 Å². The second kappa shape index (κ2) is 8.80. The van der Waals surface area contributed by atoms with Crippen LogP contribution in [0.4, 0.5) is 4.79 Å². The molecule has 150 valence electrons. The van der Waals surface area contributed by atoms with E-state index < -0.39 is 0 Å². The Morgan fingerprint density at radius 1 is 1.14 bits per heavy atom. The van der Waals surface area contributed by atoms with E-state index in [-0.39, 0.29) is 12.1 Å². The Bertz CT molecular complexity index is 976. The lowest BCUT2D eigenvalue weighted by atomic mass is 10.1. The lowest BCUT2D eigenvalue weighted by Gasteiger charge is -2.39. The van der Waals surface area contributed by atoms with Gasteiger partial charge in [-0.25, -0.2) is 9.78 Å². The maximum Gasteiger partial charge on any atom is 0.329 e. The number of benzene rings is 2. The fraction of sp³-hybridized carbons (Fsp3) is 0.273. The van der Waals surface area contributed by atoms with Crippen LogP contribution in [0.1, 0.15) is 12.5 Å². The minimum Gasteiger partial charge on any atom is -0.457 e. The number of carbonyl (C=O) groups excluding carboxylic acids is 1. The van der Waals surface area contributed by atoms with Crippen LogP contribution < -0.4 is 4.74 Å². The maximum atomic E-state index is 12.7. The molecule has 2 heterocycles. The highest BCUT2D eigenvalue weighted by molar-refractivity contribution is 9.10. The monoisotopic (exact) mass is 454 g/mol. The molecule has 1 saturated heterocycles. The fourth-order valence-corrected chi connectivity index (χ4v) is 3.91. The molecule has 0 aliphatic carbocycles. The van der Waals surface area contributed by atoms with Crippen LogP contribution in [0.15, 0.2) is 71.7 Å². The van der Waals surface area contributed by atoms with Crippen molar-refractivity contribution in [1.29, 1.82) is 0 Å². The smallest absolute Gasteiger partial charge is 0.329 e. The summed E-state index contributed by atoms with van der Waals surface area (Å²) < 4.78 is 8.14. The van der Waals surface area contributed by atoms with Gasteiger partial charge in [0.1, 0.15) is 22.4 Å². The molecule has 6 nitrogen and oxygen atoms in total. The standard InChI is InChI=1S/C22H23BrN4O2/c1-17-13-25(10-11-27(17)22(28)26-15-21(23)24-16-26)14-18-6-5-9-20(12-18)29-19-7-3-2-4-8-19/h2-9,12,15-17H,10-11,13-14H2,1H3. The Morgan fingerprint density at radius 3 is 2.66 bits per heavy atom. The van der Waals surface area contributed by atoms with E-state index in [2.05, 4.69) is 44.9 Å². The Labute approximate surface area is 178 Å². The summed E-state index contributed by atoms with van der Waals surface area (Å²) in [5.74, 6) is 1.66. The predicted octanol–water partition coefficient (Wildman–Crippen LogP) is 4.61. The quantitative estimate of drug-likeness (QED) is 0.577. The zero-order valence-corrected chi connectivity index (χ0v) is 17.8. The normalized spacial score (nSPS) is 17.3. The number of rotatable bonds is 4. The van der Waals surface area contributed by atoms with E-state index in [1.165, 1.54) is 10.1 Å². The van der Waals surface area contributed by atoms with E-state index >= 15 is 0 Å². The first-order valence-corrected chi connectivity index (χ1v) is 10.4. The van der Waals surface area contributed by atoms with Crippen molar-refractivity contribution in [1.82, 2.24) is 19.4 Å². The van der Waals surface area contributed by atoms with Crippen LogP contribution in [0.25, 0.3) is 0 Å². The first-order chi connectivity index (χ1) is 14.1. The summed E-state index contributed by atoms with van der Waals surface area (Å²) >= 11 is 3.29. The van der Waals surface area contributed by atoms with Gasteiger partial charge in [0.15, 0.2) is 0 Å². The molecule has 1 atom stereocenters. The van der Waals surface area contributed by atoms with Gasteiger partial charge in [0.2, 0.25) is 0 Å². The van der Waals surface area contributed by atoms with E-state index in [9.17, 15) is 4.79 Å². The molecule has 3 aromatic rings. The summed E-state index contributed by atoms with van der Waals surface area (Å²) in [5.41, 5.74) is 1.20. The summed E-state index contributed by atoms with van der Waals surface area (Å²) in [6.45, 7) is 5.26. The van der Waals surface area contributed by atoms with Crippen LogP contribution in [0.5, 0.6) is 11.5 Å². The van der Waals surface area contributed by atoms with Gasteiger partial charge >= 0.3 is 6.03 Å². The lowest BCUT2D eigenvalue weighted by molar-refractivity contribution is 0.0981. The first-order valence-electron chi connectivity index (χ1n) is 9.63. The van der Waals surface area contributed by atoms with Crippen molar-refractivity contribution in [2.24, 2.45) is 0 Å². The van der Waals surface area contributed by atoms with Crippen LogP contribution in [0.3, 0.4) is 0 Å². The van der Waals surface area contributed by atoms with E-state index in [1.54, 1.807) is 12.5 Å². The maximum absolute atomic E-state index is 12.7.